The molecule has 0 aromatic heterocycles. The maximum Gasteiger partial charge on any atom is 0.353 e. The first-order chi connectivity index (χ1) is 5.07. The maximum absolute atomic E-state index is 10.9. The fraction of sp³-hybridized carbons (Fsp3) is 0.571. The third-order valence-corrected chi connectivity index (χ3v) is 0.991. The summed E-state index contributed by atoms with van der Waals surface area (Å²) in [4.78, 5) is 17.2. The van der Waals surface area contributed by atoms with E-state index in [0.717, 1.165) is 0 Å². The van der Waals surface area contributed by atoms with E-state index in [1.165, 1.54) is 7.05 Å². The van der Waals surface area contributed by atoms with E-state index in [0.29, 0.717) is 12.1 Å². The van der Waals surface area contributed by atoms with Crippen LogP contribution in [0.25, 0.3) is 0 Å². The molecule has 0 saturated heterocycles. The monoisotopic (exact) mass is 158 g/mol. The number of nitrogens with zero attached hydrogens (tertiary/aromatic N) is 1. The third kappa shape index (κ3) is 4.52. The molecule has 0 aliphatic rings. The number of hydroxylamine groups is 1. The summed E-state index contributed by atoms with van der Waals surface area (Å²) in [6.07, 6.45) is 0. The van der Waals surface area contributed by atoms with Gasteiger partial charge in [-0.05, 0) is 14.1 Å². The Bertz CT molecular complexity index is 155. The van der Waals surface area contributed by atoms with Crippen LogP contribution >= 0.6 is 0 Å². The van der Waals surface area contributed by atoms with Gasteiger partial charge in [-0.2, -0.15) is 5.48 Å². The number of nitrogens with one attached hydrogen (secondary N) is 1. The van der Waals surface area contributed by atoms with Crippen molar-refractivity contribution in [3.05, 3.63) is 12.2 Å². The minimum absolute atomic E-state index is 0.416. The van der Waals surface area contributed by atoms with Crippen molar-refractivity contribution in [2.75, 3.05) is 27.7 Å². The summed E-state index contributed by atoms with van der Waals surface area (Å²) in [5.74, 6) is -0.416. The molecule has 0 rings (SSSR count). The lowest BCUT2D eigenvalue weighted by Crippen LogP contribution is -2.23. The van der Waals surface area contributed by atoms with Crippen LogP contribution in [0.15, 0.2) is 12.2 Å². The highest BCUT2D eigenvalue weighted by Gasteiger charge is 2.07. The molecule has 64 valence electrons. The molecule has 0 aromatic carbocycles. The maximum atomic E-state index is 10.9. The van der Waals surface area contributed by atoms with Crippen molar-refractivity contribution >= 4 is 5.97 Å². The number of hydrogen-bond donors (Lipinski definition) is 1. The van der Waals surface area contributed by atoms with Crippen molar-refractivity contribution < 1.29 is 9.63 Å². The molecular formula is C7H14N2O2. The van der Waals surface area contributed by atoms with Crippen LogP contribution in [0, 0.1) is 0 Å². The van der Waals surface area contributed by atoms with E-state index >= 15 is 0 Å². The fourth-order valence-electron chi connectivity index (χ4n) is 0.611. The second-order valence-electron chi connectivity index (χ2n) is 2.43. The lowest BCUT2D eigenvalue weighted by atomic mass is 10.3. The minimum Gasteiger partial charge on any atom is -0.367 e. The highest BCUT2D eigenvalue weighted by atomic mass is 16.7. The summed E-state index contributed by atoms with van der Waals surface area (Å²) in [6.45, 7) is 4.07. The Kier molecular flexibility index (Phi) is 4.49. The molecule has 0 spiro atoms. The van der Waals surface area contributed by atoms with Gasteiger partial charge in [0.05, 0.1) is 0 Å². The molecule has 0 aliphatic carbocycles. The number of rotatable bonds is 4. The van der Waals surface area contributed by atoms with Crippen molar-refractivity contribution in [3.8, 4) is 0 Å². The molecule has 0 radical (unpaired) electrons. The van der Waals surface area contributed by atoms with Crippen LogP contribution in [0.3, 0.4) is 0 Å². The topological polar surface area (TPSA) is 41.6 Å². The predicted octanol–water partition coefficient (Wildman–Crippen LogP) is -0.218. The first-order valence-corrected chi connectivity index (χ1v) is 3.28. The van der Waals surface area contributed by atoms with Gasteiger partial charge in [0.2, 0.25) is 0 Å². The number of hydrogen-bond acceptors (Lipinski definition) is 4. The van der Waals surface area contributed by atoms with Crippen molar-refractivity contribution in [2.45, 2.75) is 0 Å². The zero-order valence-electron chi connectivity index (χ0n) is 7.18. The van der Waals surface area contributed by atoms with Crippen molar-refractivity contribution in [1.29, 1.82) is 0 Å². The molecule has 0 amide bonds. The standard InChI is InChI=1S/C7H14N2O2/c1-6(5-9(3)4)7(10)11-8-2/h8H,1,5H2,2-4H3. The Morgan fingerprint density at radius 1 is 1.64 bits per heavy atom. The van der Waals surface area contributed by atoms with Crippen LogP contribution in [-0.2, 0) is 9.63 Å². The van der Waals surface area contributed by atoms with E-state index < -0.39 is 5.97 Å². The summed E-state index contributed by atoms with van der Waals surface area (Å²) < 4.78 is 0. The Morgan fingerprint density at radius 3 is 2.55 bits per heavy atom. The summed E-state index contributed by atoms with van der Waals surface area (Å²) in [7, 11) is 5.25. The SMILES string of the molecule is C=C(CN(C)C)C(=O)ONC. The Hall–Kier alpha value is -0.870. The van der Waals surface area contributed by atoms with Gasteiger partial charge in [0, 0.05) is 19.2 Å². The second-order valence-corrected chi connectivity index (χ2v) is 2.43. The lowest BCUT2D eigenvalue weighted by molar-refractivity contribution is -0.145. The van der Waals surface area contributed by atoms with Crippen molar-refractivity contribution in [1.82, 2.24) is 10.4 Å². The third-order valence-electron chi connectivity index (χ3n) is 0.991. The first kappa shape index (κ1) is 10.1. The van der Waals surface area contributed by atoms with Crippen LogP contribution in [0.4, 0.5) is 0 Å². The van der Waals surface area contributed by atoms with E-state index in [1.54, 1.807) is 0 Å². The summed E-state index contributed by atoms with van der Waals surface area (Å²) in [6, 6.07) is 0. The van der Waals surface area contributed by atoms with Crippen molar-refractivity contribution in [2.24, 2.45) is 0 Å². The number of carbonyl (C=O) groups excluding carboxylic acids is 1. The van der Waals surface area contributed by atoms with Gasteiger partial charge < -0.3 is 9.74 Å². The zero-order valence-corrected chi connectivity index (χ0v) is 7.18. The first-order valence-electron chi connectivity index (χ1n) is 3.28. The van der Waals surface area contributed by atoms with E-state index in [-0.39, 0.29) is 0 Å². The summed E-state index contributed by atoms with van der Waals surface area (Å²) in [5.41, 5.74) is 2.73. The van der Waals surface area contributed by atoms with Crippen LogP contribution in [0.2, 0.25) is 0 Å². The van der Waals surface area contributed by atoms with E-state index in [4.69, 9.17) is 0 Å². The Labute approximate surface area is 66.8 Å². The summed E-state index contributed by atoms with van der Waals surface area (Å²) >= 11 is 0. The quantitative estimate of drug-likeness (QED) is 0.454. The van der Waals surface area contributed by atoms with Gasteiger partial charge in [-0.1, -0.05) is 6.58 Å². The van der Waals surface area contributed by atoms with Crippen LogP contribution < -0.4 is 5.48 Å². The second kappa shape index (κ2) is 4.87. The molecule has 0 heterocycles. The average molecular weight is 158 g/mol. The lowest BCUT2D eigenvalue weighted by Gasteiger charge is -2.10. The molecule has 11 heavy (non-hydrogen) atoms. The zero-order chi connectivity index (χ0) is 8.85. The van der Waals surface area contributed by atoms with Gasteiger partial charge in [-0.25, -0.2) is 4.79 Å². The number of likely N-dealkylation sites (N-methyl/N-ethyl adjacent to an activating group) is 1. The predicted molar refractivity (Wildman–Crippen MR) is 42.8 cm³/mol. The summed E-state index contributed by atoms with van der Waals surface area (Å²) in [5, 5.41) is 0. The number of carbonyl (C=O) groups is 1. The normalized spacial score (nSPS) is 9.82. The van der Waals surface area contributed by atoms with Crippen LogP contribution in [0.5, 0.6) is 0 Å². The van der Waals surface area contributed by atoms with Crippen molar-refractivity contribution in [3.63, 3.8) is 0 Å². The molecule has 4 nitrogen and oxygen atoms in total. The molecule has 4 heteroatoms. The van der Waals surface area contributed by atoms with Gasteiger partial charge in [0.1, 0.15) is 0 Å². The van der Waals surface area contributed by atoms with E-state index in [1.807, 2.05) is 19.0 Å². The smallest absolute Gasteiger partial charge is 0.353 e. The molecular weight excluding hydrogens is 144 g/mol. The highest BCUT2D eigenvalue weighted by Crippen LogP contribution is 1.93. The van der Waals surface area contributed by atoms with Gasteiger partial charge in [-0.15, -0.1) is 0 Å². The Balaban J connectivity index is 3.74. The molecule has 0 saturated carbocycles. The fourth-order valence-corrected chi connectivity index (χ4v) is 0.611. The molecule has 0 bridgehead atoms. The van der Waals surface area contributed by atoms with Gasteiger partial charge in [-0.3, -0.25) is 0 Å². The highest BCUT2D eigenvalue weighted by molar-refractivity contribution is 5.87. The Morgan fingerprint density at radius 2 is 2.18 bits per heavy atom. The molecule has 0 aliphatic heterocycles. The average Bonchev–Trinajstić information content (AvgIpc) is 1.86. The minimum atomic E-state index is -0.416. The molecule has 0 atom stereocenters. The molecule has 0 unspecified atom stereocenters. The molecule has 0 fully saturated rings. The van der Waals surface area contributed by atoms with E-state index in [9.17, 15) is 4.79 Å². The molecule has 0 aromatic rings. The largest absolute Gasteiger partial charge is 0.367 e. The van der Waals surface area contributed by atoms with Gasteiger partial charge >= 0.3 is 5.97 Å². The molecule has 1 N–H and O–H groups in total. The van der Waals surface area contributed by atoms with Gasteiger partial charge in [0.25, 0.3) is 0 Å². The van der Waals surface area contributed by atoms with E-state index in [2.05, 4.69) is 16.9 Å². The van der Waals surface area contributed by atoms with Gasteiger partial charge in [0.15, 0.2) is 0 Å². The van der Waals surface area contributed by atoms with Crippen LogP contribution in [0.1, 0.15) is 0 Å². The van der Waals surface area contributed by atoms with Crippen LogP contribution in [-0.4, -0.2) is 38.6 Å².